The molecule has 0 atom stereocenters. The number of aryl methyl sites for hydroxylation is 1. The SMILES string of the molecule is Cc1ccccc1C(=O)Nc1ccc(C(=O)NNC(=O)c2ccc(C(C)(C)C)cc2)cc1. The molecule has 0 aromatic heterocycles. The van der Waals surface area contributed by atoms with E-state index in [2.05, 4.69) is 36.9 Å². The second kappa shape index (κ2) is 9.47. The first-order chi connectivity index (χ1) is 15.1. The molecule has 0 fully saturated rings. The Morgan fingerprint density at radius 3 is 1.66 bits per heavy atom. The van der Waals surface area contributed by atoms with Gasteiger partial charge in [-0.05, 0) is 65.9 Å². The quantitative estimate of drug-likeness (QED) is 0.529. The van der Waals surface area contributed by atoms with Gasteiger partial charge in [0.05, 0.1) is 0 Å². The number of carbonyl (C=O) groups is 3. The summed E-state index contributed by atoms with van der Waals surface area (Å²) in [7, 11) is 0. The zero-order valence-corrected chi connectivity index (χ0v) is 18.7. The van der Waals surface area contributed by atoms with E-state index in [0.29, 0.717) is 22.4 Å². The smallest absolute Gasteiger partial charge is 0.269 e. The molecule has 6 heteroatoms. The summed E-state index contributed by atoms with van der Waals surface area (Å²) in [6.45, 7) is 8.17. The molecule has 3 amide bonds. The Bertz CT molecular complexity index is 1130. The standard InChI is InChI=1S/C26H27N3O3/c1-17-7-5-6-8-22(17)25(32)27-21-15-11-19(12-16-21)24(31)29-28-23(30)18-9-13-20(14-10-18)26(2,3)4/h5-16H,1-4H3,(H,27,32)(H,28,30)(H,29,31). The van der Waals surface area contributed by atoms with Crippen LogP contribution in [0.15, 0.2) is 72.8 Å². The van der Waals surface area contributed by atoms with E-state index in [4.69, 9.17) is 0 Å². The molecule has 32 heavy (non-hydrogen) atoms. The molecular formula is C26H27N3O3. The van der Waals surface area contributed by atoms with Crippen molar-refractivity contribution in [1.29, 1.82) is 0 Å². The number of carbonyl (C=O) groups excluding carboxylic acids is 3. The minimum atomic E-state index is -0.457. The van der Waals surface area contributed by atoms with Crippen LogP contribution in [0.2, 0.25) is 0 Å². The highest BCUT2D eigenvalue weighted by Gasteiger charge is 2.15. The van der Waals surface area contributed by atoms with Crippen molar-refractivity contribution in [3.8, 4) is 0 Å². The molecule has 0 aliphatic rings. The molecule has 0 unspecified atom stereocenters. The van der Waals surface area contributed by atoms with Crippen LogP contribution in [0.4, 0.5) is 5.69 Å². The maximum atomic E-state index is 12.4. The number of hydrogen-bond donors (Lipinski definition) is 3. The van der Waals surface area contributed by atoms with Gasteiger partial charge in [-0.1, -0.05) is 51.1 Å². The monoisotopic (exact) mass is 429 g/mol. The van der Waals surface area contributed by atoms with E-state index in [0.717, 1.165) is 11.1 Å². The predicted octanol–water partition coefficient (Wildman–Crippen LogP) is 4.62. The summed E-state index contributed by atoms with van der Waals surface area (Å²) in [6, 6.07) is 21.0. The Morgan fingerprint density at radius 1 is 0.656 bits per heavy atom. The summed E-state index contributed by atoms with van der Waals surface area (Å²) in [5.41, 5.74) is 8.78. The number of hydrogen-bond acceptors (Lipinski definition) is 3. The highest BCUT2D eigenvalue weighted by Crippen LogP contribution is 2.22. The number of rotatable bonds is 4. The second-order valence-electron chi connectivity index (χ2n) is 8.58. The summed E-state index contributed by atoms with van der Waals surface area (Å²) in [4.78, 5) is 37.1. The maximum Gasteiger partial charge on any atom is 0.269 e. The number of hydrazine groups is 1. The first-order valence-corrected chi connectivity index (χ1v) is 10.3. The van der Waals surface area contributed by atoms with Crippen LogP contribution < -0.4 is 16.2 Å². The van der Waals surface area contributed by atoms with Crippen molar-refractivity contribution in [2.24, 2.45) is 0 Å². The molecule has 0 aliphatic heterocycles. The van der Waals surface area contributed by atoms with Gasteiger partial charge < -0.3 is 5.32 Å². The Labute approximate surface area is 188 Å². The van der Waals surface area contributed by atoms with Gasteiger partial charge >= 0.3 is 0 Å². The highest BCUT2D eigenvalue weighted by molar-refractivity contribution is 6.05. The fourth-order valence-electron chi connectivity index (χ4n) is 3.11. The zero-order valence-electron chi connectivity index (χ0n) is 18.7. The van der Waals surface area contributed by atoms with Gasteiger partial charge in [-0.3, -0.25) is 25.2 Å². The van der Waals surface area contributed by atoms with Gasteiger partial charge in [0, 0.05) is 22.4 Å². The van der Waals surface area contributed by atoms with Crippen molar-refractivity contribution >= 4 is 23.4 Å². The molecular weight excluding hydrogens is 402 g/mol. The van der Waals surface area contributed by atoms with Crippen LogP contribution in [0.3, 0.4) is 0 Å². The first kappa shape index (κ1) is 22.7. The lowest BCUT2D eigenvalue weighted by atomic mass is 9.87. The minimum Gasteiger partial charge on any atom is -0.322 e. The molecule has 3 rings (SSSR count). The van der Waals surface area contributed by atoms with Crippen LogP contribution in [0.1, 0.15) is 63.0 Å². The van der Waals surface area contributed by atoms with E-state index in [1.54, 1.807) is 42.5 Å². The van der Waals surface area contributed by atoms with E-state index in [-0.39, 0.29) is 11.3 Å². The van der Waals surface area contributed by atoms with Crippen molar-refractivity contribution in [2.75, 3.05) is 5.32 Å². The van der Waals surface area contributed by atoms with Gasteiger partial charge in [-0.15, -0.1) is 0 Å². The number of benzene rings is 3. The summed E-state index contributed by atoms with van der Waals surface area (Å²) in [5.74, 6) is -1.08. The van der Waals surface area contributed by atoms with Crippen molar-refractivity contribution < 1.29 is 14.4 Å². The third-order valence-corrected chi connectivity index (χ3v) is 5.10. The summed E-state index contributed by atoms with van der Waals surface area (Å²) in [6.07, 6.45) is 0. The summed E-state index contributed by atoms with van der Waals surface area (Å²) < 4.78 is 0. The van der Waals surface area contributed by atoms with Crippen LogP contribution in [-0.2, 0) is 5.41 Å². The lowest BCUT2D eigenvalue weighted by Gasteiger charge is -2.19. The summed E-state index contributed by atoms with van der Waals surface area (Å²) >= 11 is 0. The van der Waals surface area contributed by atoms with E-state index >= 15 is 0 Å². The van der Waals surface area contributed by atoms with Crippen molar-refractivity contribution in [1.82, 2.24) is 10.9 Å². The molecule has 3 aromatic carbocycles. The van der Waals surface area contributed by atoms with Gasteiger partial charge in [0.15, 0.2) is 0 Å². The average Bonchev–Trinajstić information content (AvgIpc) is 2.77. The fraction of sp³-hybridized carbons (Fsp3) is 0.192. The van der Waals surface area contributed by atoms with Crippen LogP contribution in [0.25, 0.3) is 0 Å². The van der Waals surface area contributed by atoms with Crippen LogP contribution >= 0.6 is 0 Å². The third kappa shape index (κ3) is 5.60. The minimum absolute atomic E-state index is 0.00518. The lowest BCUT2D eigenvalue weighted by Crippen LogP contribution is -2.41. The van der Waals surface area contributed by atoms with E-state index in [1.807, 2.05) is 37.3 Å². The molecule has 0 bridgehead atoms. The largest absolute Gasteiger partial charge is 0.322 e. The van der Waals surface area contributed by atoms with Gasteiger partial charge in [0.25, 0.3) is 17.7 Å². The highest BCUT2D eigenvalue weighted by atomic mass is 16.2. The Hall–Kier alpha value is -3.93. The zero-order chi connectivity index (χ0) is 23.3. The molecule has 3 aromatic rings. The normalized spacial score (nSPS) is 10.9. The van der Waals surface area contributed by atoms with Crippen LogP contribution in [0, 0.1) is 6.92 Å². The molecule has 0 radical (unpaired) electrons. The average molecular weight is 430 g/mol. The Balaban J connectivity index is 1.56. The molecule has 3 N–H and O–H groups in total. The van der Waals surface area contributed by atoms with Crippen molar-refractivity contribution in [2.45, 2.75) is 33.1 Å². The van der Waals surface area contributed by atoms with E-state index in [1.165, 1.54) is 0 Å². The number of amides is 3. The van der Waals surface area contributed by atoms with Crippen molar-refractivity contribution in [3.63, 3.8) is 0 Å². The number of anilines is 1. The van der Waals surface area contributed by atoms with E-state index < -0.39 is 11.8 Å². The summed E-state index contributed by atoms with van der Waals surface area (Å²) in [5, 5.41) is 2.81. The van der Waals surface area contributed by atoms with Gasteiger partial charge in [-0.25, -0.2) is 0 Å². The molecule has 0 aliphatic carbocycles. The van der Waals surface area contributed by atoms with Crippen LogP contribution in [-0.4, -0.2) is 17.7 Å². The van der Waals surface area contributed by atoms with Crippen molar-refractivity contribution in [3.05, 3.63) is 101 Å². The second-order valence-corrected chi connectivity index (χ2v) is 8.58. The third-order valence-electron chi connectivity index (χ3n) is 5.10. The van der Waals surface area contributed by atoms with Gasteiger partial charge in [0.1, 0.15) is 0 Å². The lowest BCUT2D eigenvalue weighted by molar-refractivity contribution is 0.0846. The topological polar surface area (TPSA) is 87.3 Å². The molecule has 164 valence electrons. The predicted molar refractivity (Wildman–Crippen MR) is 126 cm³/mol. The first-order valence-electron chi connectivity index (χ1n) is 10.3. The Morgan fingerprint density at radius 2 is 1.16 bits per heavy atom. The van der Waals surface area contributed by atoms with E-state index in [9.17, 15) is 14.4 Å². The maximum absolute atomic E-state index is 12.4. The van der Waals surface area contributed by atoms with Crippen LogP contribution in [0.5, 0.6) is 0 Å². The van der Waals surface area contributed by atoms with Gasteiger partial charge in [0.2, 0.25) is 0 Å². The van der Waals surface area contributed by atoms with Gasteiger partial charge in [-0.2, -0.15) is 0 Å². The molecule has 0 spiro atoms. The molecule has 6 nitrogen and oxygen atoms in total. The number of nitrogens with one attached hydrogen (secondary N) is 3. The molecule has 0 saturated carbocycles. The molecule has 0 heterocycles. The molecule has 0 saturated heterocycles. The fourth-order valence-corrected chi connectivity index (χ4v) is 3.11. The Kier molecular flexibility index (Phi) is 6.73.